The molecule has 0 saturated heterocycles. The van der Waals surface area contributed by atoms with Gasteiger partial charge in [-0.1, -0.05) is 40.5 Å². The molecule has 0 aliphatic carbocycles. The fourth-order valence-electron chi connectivity index (χ4n) is 1.64. The third-order valence-corrected chi connectivity index (χ3v) is 3.00. The van der Waals surface area contributed by atoms with Crippen molar-refractivity contribution in [1.82, 2.24) is 0 Å². The van der Waals surface area contributed by atoms with Crippen LogP contribution in [0.1, 0.15) is 59.8 Å². The van der Waals surface area contributed by atoms with Crippen molar-refractivity contribution in [1.29, 1.82) is 0 Å². The molecule has 4 nitrogen and oxygen atoms in total. The highest BCUT2D eigenvalue weighted by Crippen LogP contribution is 2.15. The average molecular weight is 272 g/mol. The van der Waals surface area contributed by atoms with Crippen LogP contribution < -0.4 is 0 Å². The highest BCUT2D eigenvalue weighted by atomic mass is 16.5. The van der Waals surface area contributed by atoms with Crippen molar-refractivity contribution in [3.63, 3.8) is 0 Å². The molecule has 0 radical (unpaired) electrons. The van der Waals surface area contributed by atoms with Crippen LogP contribution in [-0.4, -0.2) is 25.2 Å². The summed E-state index contributed by atoms with van der Waals surface area (Å²) >= 11 is 0. The smallest absolute Gasteiger partial charge is 0.308 e. The lowest BCUT2D eigenvalue weighted by Gasteiger charge is -2.15. The van der Waals surface area contributed by atoms with Gasteiger partial charge in [-0.25, -0.2) is 0 Å². The fraction of sp³-hybridized carbons (Fsp3) is 0.867. The zero-order valence-electron chi connectivity index (χ0n) is 12.7. The van der Waals surface area contributed by atoms with Gasteiger partial charge >= 0.3 is 11.9 Å². The Bertz CT molecular complexity index is 237. The molecule has 0 rings (SSSR count). The first-order valence-electron chi connectivity index (χ1n) is 7.36. The molecular formula is C15H28O4. The summed E-state index contributed by atoms with van der Waals surface area (Å²) in [7, 11) is 0. The van der Waals surface area contributed by atoms with E-state index in [0.29, 0.717) is 19.6 Å². The molecule has 0 N–H and O–H groups in total. The van der Waals surface area contributed by atoms with Gasteiger partial charge in [0.05, 0.1) is 25.0 Å². The maximum atomic E-state index is 11.7. The van der Waals surface area contributed by atoms with Gasteiger partial charge in [0.25, 0.3) is 0 Å². The Labute approximate surface area is 116 Å². The molecule has 112 valence electrons. The largest absolute Gasteiger partial charge is 0.465 e. The zero-order valence-corrected chi connectivity index (χ0v) is 12.7. The monoisotopic (exact) mass is 272 g/mol. The van der Waals surface area contributed by atoms with Crippen molar-refractivity contribution < 1.29 is 19.1 Å². The highest BCUT2D eigenvalue weighted by molar-refractivity contribution is 5.75. The van der Waals surface area contributed by atoms with E-state index < -0.39 is 0 Å². The van der Waals surface area contributed by atoms with Crippen LogP contribution in [0.2, 0.25) is 0 Å². The normalized spacial score (nSPS) is 13.7. The van der Waals surface area contributed by atoms with Gasteiger partial charge in [0.2, 0.25) is 0 Å². The first-order chi connectivity index (χ1) is 9.02. The summed E-state index contributed by atoms with van der Waals surface area (Å²) in [6, 6.07) is 0. The second-order valence-corrected chi connectivity index (χ2v) is 5.08. The number of rotatable bonds is 10. The molecule has 19 heavy (non-hydrogen) atoms. The quantitative estimate of drug-likeness (QED) is 0.452. The molecule has 0 aliphatic heterocycles. The molecule has 0 aromatic rings. The highest BCUT2D eigenvalue weighted by Gasteiger charge is 2.22. The topological polar surface area (TPSA) is 52.6 Å². The van der Waals surface area contributed by atoms with E-state index in [9.17, 15) is 9.59 Å². The molecule has 0 bridgehead atoms. The number of hydrogen-bond acceptors (Lipinski definition) is 4. The molecule has 0 spiro atoms. The van der Waals surface area contributed by atoms with Crippen LogP contribution in [0.4, 0.5) is 0 Å². The Morgan fingerprint density at radius 2 is 1.21 bits per heavy atom. The van der Waals surface area contributed by atoms with Gasteiger partial charge < -0.3 is 9.47 Å². The number of esters is 2. The molecule has 0 fully saturated rings. The van der Waals surface area contributed by atoms with Crippen LogP contribution in [0.25, 0.3) is 0 Å². The van der Waals surface area contributed by atoms with Crippen LogP contribution in [0.5, 0.6) is 0 Å². The molecule has 0 aromatic heterocycles. The van der Waals surface area contributed by atoms with Crippen LogP contribution in [0, 0.1) is 11.8 Å². The third-order valence-electron chi connectivity index (χ3n) is 3.00. The van der Waals surface area contributed by atoms with Crippen LogP contribution >= 0.6 is 0 Å². The van der Waals surface area contributed by atoms with E-state index >= 15 is 0 Å². The lowest BCUT2D eigenvalue weighted by molar-refractivity contribution is -0.152. The van der Waals surface area contributed by atoms with E-state index in [1.54, 1.807) is 13.8 Å². The van der Waals surface area contributed by atoms with E-state index in [2.05, 4.69) is 0 Å². The molecule has 4 heteroatoms. The minimum absolute atomic E-state index is 0.221. The predicted octanol–water partition coefficient (Wildman–Crippen LogP) is 3.34. The Balaban J connectivity index is 3.92. The first kappa shape index (κ1) is 17.9. The van der Waals surface area contributed by atoms with Gasteiger partial charge in [-0.05, 0) is 19.3 Å². The second-order valence-electron chi connectivity index (χ2n) is 5.08. The first-order valence-corrected chi connectivity index (χ1v) is 7.36. The van der Waals surface area contributed by atoms with Crippen molar-refractivity contribution in [2.75, 3.05) is 13.2 Å². The number of hydrogen-bond donors (Lipinski definition) is 0. The Morgan fingerprint density at radius 1 is 0.842 bits per heavy atom. The standard InChI is InChI=1S/C15H28O4/c1-5-7-9-18-14(16)12(3)11-13(4)15(17)19-10-8-6-2/h12-13H,5-11H2,1-4H3. The van der Waals surface area contributed by atoms with E-state index in [-0.39, 0.29) is 23.8 Å². The molecular weight excluding hydrogens is 244 g/mol. The van der Waals surface area contributed by atoms with Gasteiger partial charge in [-0.15, -0.1) is 0 Å². The van der Waals surface area contributed by atoms with Crippen LogP contribution in [-0.2, 0) is 19.1 Å². The Kier molecular flexibility index (Phi) is 10.2. The zero-order chi connectivity index (χ0) is 14.7. The molecule has 0 aliphatic rings. The minimum Gasteiger partial charge on any atom is -0.465 e. The molecule has 0 amide bonds. The van der Waals surface area contributed by atoms with E-state index in [1.807, 2.05) is 13.8 Å². The van der Waals surface area contributed by atoms with Crippen LogP contribution in [0.15, 0.2) is 0 Å². The van der Waals surface area contributed by atoms with Gasteiger partial charge in [-0.2, -0.15) is 0 Å². The number of ether oxygens (including phenoxy) is 2. The van der Waals surface area contributed by atoms with Crippen molar-refractivity contribution in [3.8, 4) is 0 Å². The molecule has 2 unspecified atom stereocenters. The summed E-state index contributed by atoms with van der Waals surface area (Å²) in [5.41, 5.74) is 0. The number of unbranched alkanes of at least 4 members (excludes halogenated alkanes) is 2. The molecule has 0 aromatic carbocycles. The van der Waals surface area contributed by atoms with E-state index in [0.717, 1.165) is 25.7 Å². The summed E-state index contributed by atoms with van der Waals surface area (Å²) in [6.45, 7) is 8.62. The molecule has 0 heterocycles. The van der Waals surface area contributed by atoms with E-state index in [4.69, 9.17) is 9.47 Å². The fourth-order valence-corrected chi connectivity index (χ4v) is 1.64. The van der Waals surface area contributed by atoms with Gasteiger partial charge in [-0.3, -0.25) is 9.59 Å². The van der Waals surface area contributed by atoms with E-state index in [1.165, 1.54) is 0 Å². The minimum atomic E-state index is -0.259. The average Bonchev–Trinajstić information content (AvgIpc) is 2.38. The molecule has 2 atom stereocenters. The maximum absolute atomic E-state index is 11.7. The van der Waals surface area contributed by atoms with Gasteiger partial charge in [0, 0.05) is 0 Å². The lowest BCUT2D eigenvalue weighted by Crippen LogP contribution is -2.23. The molecule has 0 saturated carbocycles. The number of carbonyl (C=O) groups is 2. The predicted molar refractivity (Wildman–Crippen MR) is 74.7 cm³/mol. The summed E-state index contributed by atoms with van der Waals surface area (Å²) in [5.74, 6) is -0.959. The van der Waals surface area contributed by atoms with Crippen molar-refractivity contribution in [3.05, 3.63) is 0 Å². The lowest BCUT2D eigenvalue weighted by atomic mass is 9.97. The Morgan fingerprint density at radius 3 is 1.53 bits per heavy atom. The summed E-state index contributed by atoms with van der Waals surface area (Å²) < 4.78 is 10.3. The summed E-state index contributed by atoms with van der Waals surface area (Å²) in [5, 5.41) is 0. The van der Waals surface area contributed by atoms with Gasteiger partial charge in [0.1, 0.15) is 0 Å². The van der Waals surface area contributed by atoms with Gasteiger partial charge in [0.15, 0.2) is 0 Å². The summed E-state index contributed by atoms with van der Waals surface area (Å²) in [4.78, 5) is 23.3. The van der Waals surface area contributed by atoms with Crippen LogP contribution in [0.3, 0.4) is 0 Å². The van der Waals surface area contributed by atoms with Crippen molar-refractivity contribution in [2.45, 2.75) is 59.8 Å². The SMILES string of the molecule is CCCCOC(=O)C(C)CC(C)C(=O)OCCCC. The van der Waals surface area contributed by atoms with Crippen molar-refractivity contribution in [2.24, 2.45) is 11.8 Å². The number of carbonyl (C=O) groups excluding carboxylic acids is 2. The second kappa shape index (κ2) is 10.8. The summed E-state index contributed by atoms with van der Waals surface area (Å²) in [6.07, 6.45) is 4.25. The third kappa shape index (κ3) is 8.62. The van der Waals surface area contributed by atoms with Crippen molar-refractivity contribution >= 4 is 11.9 Å². The Hall–Kier alpha value is -1.06. The maximum Gasteiger partial charge on any atom is 0.308 e.